The van der Waals surface area contributed by atoms with Crippen molar-refractivity contribution in [1.82, 2.24) is 9.97 Å². The van der Waals surface area contributed by atoms with Crippen molar-refractivity contribution in [2.45, 2.75) is 0 Å². The number of benzene rings is 1. The molecule has 0 saturated heterocycles. The summed E-state index contributed by atoms with van der Waals surface area (Å²) in [5.74, 6) is -1.10. The molecule has 1 aromatic carbocycles. The van der Waals surface area contributed by atoms with Crippen LogP contribution in [0.3, 0.4) is 0 Å². The highest BCUT2D eigenvalue weighted by Gasteiger charge is 2.23. The number of hydrogen-bond acceptors (Lipinski definition) is 5. The zero-order chi connectivity index (χ0) is 14.0. The Bertz CT molecular complexity index is 654. The fourth-order valence-corrected chi connectivity index (χ4v) is 1.53. The lowest BCUT2D eigenvalue weighted by Gasteiger charge is -2.05. The van der Waals surface area contributed by atoms with Crippen molar-refractivity contribution in [3.8, 4) is 11.6 Å². The molecule has 9 heteroatoms. The largest absolute Gasteiger partial charge is 0.433 e. The zero-order valence-electron chi connectivity index (χ0n) is 9.01. The summed E-state index contributed by atoms with van der Waals surface area (Å²) < 4.78 is 18.3. The quantitative estimate of drug-likeness (QED) is 0.491. The summed E-state index contributed by atoms with van der Waals surface area (Å²) in [5, 5.41) is 10.4. The minimum Gasteiger partial charge on any atom is -0.433 e. The molecule has 98 valence electrons. The lowest BCUT2D eigenvalue weighted by atomic mass is 10.3. The van der Waals surface area contributed by atoms with E-state index in [0.717, 1.165) is 12.4 Å². The number of halogens is 3. The van der Waals surface area contributed by atoms with Crippen LogP contribution >= 0.6 is 23.2 Å². The first kappa shape index (κ1) is 13.4. The monoisotopic (exact) mass is 303 g/mol. The molecule has 0 spiro atoms. The average Bonchev–Trinajstić information content (AvgIpc) is 2.33. The lowest BCUT2D eigenvalue weighted by Crippen LogP contribution is -1.98. The topological polar surface area (TPSA) is 78.2 Å². The maximum atomic E-state index is 13.2. The second-order valence-electron chi connectivity index (χ2n) is 3.25. The van der Waals surface area contributed by atoms with E-state index < -0.39 is 16.4 Å². The predicted octanol–water partition coefficient (Wildman–Crippen LogP) is 3.62. The summed E-state index contributed by atoms with van der Waals surface area (Å²) >= 11 is 11.1. The molecule has 0 aliphatic heterocycles. The van der Waals surface area contributed by atoms with Gasteiger partial charge >= 0.3 is 11.6 Å². The summed E-state index contributed by atoms with van der Waals surface area (Å²) in [4.78, 5) is 17.1. The minimum atomic E-state index is -0.788. The number of rotatable bonds is 3. The Morgan fingerprint density at radius 2 is 2.05 bits per heavy atom. The van der Waals surface area contributed by atoms with Crippen molar-refractivity contribution < 1.29 is 14.1 Å². The van der Waals surface area contributed by atoms with Crippen LogP contribution in [0.4, 0.5) is 10.1 Å². The Labute approximate surface area is 115 Å². The summed E-state index contributed by atoms with van der Waals surface area (Å²) in [6, 6.07) is 3.56. The number of aromatic nitrogens is 2. The molecule has 0 saturated carbocycles. The van der Waals surface area contributed by atoms with Crippen molar-refractivity contribution >= 4 is 28.9 Å². The van der Waals surface area contributed by atoms with Gasteiger partial charge in [0.1, 0.15) is 17.9 Å². The first-order valence-electron chi connectivity index (χ1n) is 4.77. The van der Waals surface area contributed by atoms with E-state index in [-0.39, 0.29) is 21.8 Å². The van der Waals surface area contributed by atoms with E-state index in [9.17, 15) is 14.5 Å². The van der Waals surface area contributed by atoms with Crippen LogP contribution in [-0.2, 0) is 0 Å². The van der Waals surface area contributed by atoms with Crippen molar-refractivity contribution in [3.63, 3.8) is 0 Å². The molecule has 0 atom stereocenters. The molecule has 1 heterocycles. The number of nitro groups is 1. The van der Waals surface area contributed by atoms with Crippen molar-refractivity contribution in [3.05, 3.63) is 50.6 Å². The van der Waals surface area contributed by atoms with Gasteiger partial charge < -0.3 is 4.74 Å². The molecule has 0 fully saturated rings. The molecule has 0 amide bonds. The van der Waals surface area contributed by atoms with Gasteiger partial charge in [0.2, 0.25) is 5.15 Å². The van der Waals surface area contributed by atoms with Gasteiger partial charge in [0.25, 0.3) is 0 Å². The van der Waals surface area contributed by atoms with Crippen LogP contribution in [0.25, 0.3) is 0 Å². The highest BCUT2D eigenvalue weighted by molar-refractivity contribution is 6.31. The van der Waals surface area contributed by atoms with E-state index in [2.05, 4.69) is 9.97 Å². The first-order valence-corrected chi connectivity index (χ1v) is 5.52. The Morgan fingerprint density at radius 3 is 2.68 bits per heavy atom. The summed E-state index contributed by atoms with van der Waals surface area (Å²) in [6.45, 7) is 0. The lowest BCUT2D eigenvalue weighted by molar-refractivity contribution is -0.386. The van der Waals surface area contributed by atoms with E-state index in [1.165, 1.54) is 12.1 Å². The summed E-state index contributed by atoms with van der Waals surface area (Å²) in [7, 11) is 0. The predicted molar refractivity (Wildman–Crippen MR) is 65.2 cm³/mol. The molecule has 0 aliphatic carbocycles. The fourth-order valence-electron chi connectivity index (χ4n) is 1.22. The Kier molecular flexibility index (Phi) is 3.77. The normalized spacial score (nSPS) is 10.3. The molecular weight excluding hydrogens is 300 g/mol. The number of nitrogens with zero attached hydrogens (tertiary/aromatic N) is 3. The molecule has 2 aromatic rings. The fraction of sp³-hybridized carbons (Fsp3) is 0. The smallest absolute Gasteiger partial charge is 0.368 e. The SMILES string of the molecule is O=[N+]([O-])c1c(Cl)ncnc1Oc1ccc(Cl)c(F)c1. The van der Waals surface area contributed by atoms with Crippen LogP contribution in [0.15, 0.2) is 24.5 Å². The van der Waals surface area contributed by atoms with Crippen LogP contribution in [0.5, 0.6) is 11.6 Å². The first-order chi connectivity index (χ1) is 8.99. The highest BCUT2D eigenvalue weighted by atomic mass is 35.5. The van der Waals surface area contributed by atoms with E-state index in [1.807, 2.05) is 0 Å². The molecule has 19 heavy (non-hydrogen) atoms. The minimum absolute atomic E-state index is 0.000216. The van der Waals surface area contributed by atoms with Crippen LogP contribution < -0.4 is 4.74 Å². The molecular formula is C10H4Cl2FN3O3. The number of ether oxygens (including phenoxy) is 1. The van der Waals surface area contributed by atoms with Crippen molar-refractivity contribution in [2.24, 2.45) is 0 Å². The van der Waals surface area contributed by atoms with Gasteiger partial charge in [0.05, 0.1) is 9.95 Å². The standard InChI is InChI=1S/C10H4Cl2FN3O3/c11-6-2-1-5(3-7(6)13)19-10-8(16(17)18)9(12)14-4-15-10/h1-4H. The molecule has 2 rings (SSSR count). The summed E-state index contributed by atoms with van der Waals surface area (Å²) in [6.07, 6.45) is 0.997. The number of hydrogen-bond donors (Lipinski definition) is 0. The van der Waals surface area contributed by atoms with Crippen molar-refractivity contribution in [1.29, 1.82) is 0 Å². The summed E-state index contributed by atoms with van der Waals surface area (Å²) in [5.41, 5.74) is -0.598. The molecule has 0 aliphatic rings. The maximum Gasteiger partial charge on any atom is 0.368 e. The molecule has 6 nitrogen and oxygen atoms in total. The molecule has 0 radical (unpaired) electrons. The van der Waals surface area contributed by atoms with Crippen LogP contribution in [0.2, 0.25) is 10.2 Å². The van der Waals surface area contributed by atoms with Gasteiger partial charge in [-0.1, -0.05) is 23.2 Å². The molecule has 1 aromatic heterocycles. The van der Waals surface area contributed by atoms with Gasteiger partial charge in [0, 0.05) is 6.07 Å². The van der Waals surface area contributed by atoms with Gasteiger partial charge in [-0.15, -0.1) is 0 Å². The van der Waals surface area contributed by atoms with E-state index in [0.29, 0.717) is 0 Å². The zero-order valence-corrected chi connectivity index (χ0v) is 10.5. The van der Waals surface area contributed by atoms with E-state index in [4.69, 9.17) is 27.9 Å². The Balaban J connectivity index is 2.40. The van der Waals surface area contributed by atoms with Crippen LogP contribution in [0.1, 0.15) is 0 Å². The van der Waals surface area contributed by atoms with Crippen LogP contribution in [-0.4, -0.2) is 14.9 Å². The Morgan fingerprint density at radius 1 is 1.32 bits per heavy atom. The second kappa shape index (κ2) is 5.33. The highest BCUT2D eigenvalue weighted by Crippen LogP contribution is 2.34. The van der Waals surface area contributed by atoms with E-state index >= 15 is 0 Å². The third kappa shape index (κ3) is 2.88. The van der Waals surface area contributed by atoms with Gasteiger partial charge in [-0.2, -0.15) is 4.98 Å². The Hall–Kier alpha value is -1.99. The third-order valence-electron chi connectivity index (χ3n) is 2.03. The van der Waals surface area contributed by atoms with Gasteiger partial charge in [-0.25, -0.2) is 9.37 Å². The second-order valence-corrected chi connectivity index (χ2v) is 4.02. The van der Waals surface area contributed by atoms with Gasteiger partial charge in [-0.3, -0.25) is 10.1 Å². The van der Waals surface area contributed by atoms with E-state index in [1.54, 1.807) is 0 Å². The molecule has 0 unspecified atom stereocenters. The van der Waals surface area contributed by atoms with Gasteiger partial charge in [-0.05, 0) is 12.1 Å². The average molecular weight is 304 g/mol. The van der Waals surface area contributed by atoms with Crippen LogP contribution in [0, 0.1) is 15.9 Å². The molecule has 0 bridgehead atoms. The van der Waals surface area contributed by atoms with Crippen molar-refractivity contribution in [2.75, 3.05) is 0 Å². The maximum absolute atomic E-state index is 13.2. The van der Waals surface area contributed by atoms with Gasteiger partial charge in [0.15, 0.2) is 0 Å². The third-order valence-corrected chi connectivity index (χ3v) is 2.62. The molecule has 0 N–H and O–H groups in total.